The van der Waals surface area contributed by atoms with Gasteiger partial charge in [-0.1, -0.05) is 0 Å². The van der Waals surface area contributed by atoms with Gasteiger partial charge in [0.05, 0.1) is 0 Å². The summed E-state index contributed by atoms with van der Waals surface area (Å²) in [5, 5.41) is 0. The van der Waals surface area contributed by atoms with Crippen LogP contribution in [0.25, 0.3) is 0 Å². The molecule has 0 spiro atoms. The molecule has 2 aliphatic heterocycles. The average molecular weight is 142 g/mol. The summed E-state index contributed by atoms with van der Waals surface area (Å²) in [6.07, 6.45) is 0.472. The number of rotatable bonds is 4. The van der Waals surface area contributed by atoms with Crippen molar-refractivity contribution in [1.29, 1.82) is 0 Å². The Balaban J connectivity index is 0.000000500. The quantitative estimate of drug-likeness (QED) is 0.223. The molecule has 3 nitrogen and oxygen atoms in total. The second-order valence-corrected chi connectivity index (χ2v) is 2.15. The van der Waals surface area contributed by atoms with Crippen LogP contribution in [0.1, 0.15) is 0 Å². The van der Waals surface area contributed by atoms with Crippen LogP contribution in [-0.4, -0.2) is 25.4 Å². The van der Waals surface area contributed by atoms with Crippen molar-refractivity contribution >= 4 is 0 Å². The van der Waals surface area contributed by atoms with Gasteiger partial charge in [-0.05, 0) is 12.2 Å². The monoisotopic (exact) mass is 142 g/mol. The molecule has 2 fully saturated rings. The molecule has 0 N–H and O–H groups in total. The Morgan fingerprint density at radius 3 is 1.64 bits per heavy atom. The van der Waals surface area contributed by atoms with E-state index in [0.29, 0.717) is 0 Å². The molecule has 0 saturated carbocycles. The molecule has 0 aromatic heterocycles. The molecule has 2 saturated heterocycles. The Labute approximate surface area is 90.5 Å². The van der Waals surface area contributed by atoms with E-state index >= 15 is 0 Å². The SMILES string of the molecule is [CH-](O[CH-]C1CO1)C1CO1.[Li+].[Li+]. The van der Waals surface area contributed by atoms with Crippen molar-refractivity contribution in [3.8, 4) is 0 Å². The third-order valence-electron chi connectivity index (χ3n) is 1.18. The van der Waals surface area contributed by atoms with Crippen LogP contribution in [0, 0.1) is 13.2 Å². The van der Waals surface area contributed by atoms with Crippen molar-refractivity contribution in [2.75, 3.05) is 13.2 Å². The second-order valence-electron chi connectivity index (χ2n) is 2.15. The minimum absolute atomic E-state index is 0. The van der Waals surface area contributed by atoms with E-state index in [1.165, 1.54) is 0 Å². The van der Waals surface area contributed by atoms with Crippen LogP contribution in [0.4, 0.5) is 0 Å². The summed E-state index contributed by atoms with van der Waals surface area (Å²) in [6.45, 7) is 4.97. The van der Waals surface area contributed by atoms with Gasteiger partial charge >= 0.3 is 37.7 Å². The third-order valence-corrected chi connectivity index (χ3v) is 1.18. The topological polar surface area (TPSA) is 34.3 Å². The van der Waals surface area contributed by atoms with Crippen LogP contribution in [0.5, 0.6) is 0 Å². The van der Waals surface area contributed by atoms with E-state index in [9.17, 15) is 0 Å². The summed E-state index contributed by atoms with van der Waals surface area (Å²) in [5.74, 6) is 0. The molecular weight excluding hydrogens is 134 g/mol. The molecule has 2 atom stereocenters. The van der Waals surface area contributed by atoms with Crippen LogP contribution in [0.15, 0.2) is 0 Å². The van der Waals surface area contributed by atoms with Crippen LogP contribution in [-0.2, 0) is 14.2 Å². The van der Waals surface area contributed by atoms with Crippen molar-refractivity contribution in [3.05, 3.63) is 13.2 Å². The fraction of sp³-hybridized carbons (Fsp3) is 0.667. The Kier molecular flexibility index (Phi) is 6.23. The maximum Gasteiger partial charge on any atom is 1.00 e. The molecule has 0 bridgehead atoms. The summed E-state index contributed by atoms with van der Waals surface area (Å²) in [7, 11) is 0. The van der Waals surface area contributed by atoms with Crippen molar-refractivity contribution in [2.24, 2.45) is 0 Å². The Morgan fingerprint density at radius 2 is 1.36 bits per heavy atom. The molecule has 5 heteroatoms. The van der Waals surface area contributed by atoms with E-state index in [4.69, 9.17) is 14.2 Å². The van der Waals surface area contributed by atoms with Gasteiger partial charge in [-0.15, -0.1) is 0 Å². The molecule has 0 aliphatic carbocycles. The molecule has 11 heavy (non-hydrogen) atoms. The van der Waals surface area contributed by atoms with Crippen molar-refractivity contribution in [2.45, 2.75) is 12.2 Å². The van der Waals surface area contributed by atoms with Gasteiger partial charge in [0, 0.05) is 13.2 Å². The smallest absolute Gasteiger partial charge is 0.710 e. The summed E-state index contributed by atoms with van der Waals surface area (Å²) in [5.41, 5.74) is 0. The molecule has 52 valence electrons. The van der Waals surface area contributed by atoms with Crippen molar-refractivity contribution in [3.63, 3.8) is 0 Å². The predicted molar refractivity (Wildman–Crippen MR) is 29.2 cm³/mol. The summed E-state index contributed by atoms with van der Waals surface area (Å²) in [6, 6.07) is 0. The first-order valence-electron chi connectivity index (χ1n) is 3.00. The van der Waals surface area contributed by atoms with E-state index < -0.39 is 0 Å². The van der Waals surface area contributed by atoms with Crippen molar-refractivity contribution in [1.82, 2.24) is 0 Å². The Hall–Kier alpha value is 1.07. The fourth-order valence-electron chi connectivity index (χ4n) is 0.489. The molecule has 2 rings (SSSR count). The number of ether oxygens (including phenoxy) is 3. The van der Waals surface area contributed by atoms with E-state index in [1.807, 2.05) is 0 Å². The minimum atomic E-state index is 0. The Morgan fingerprint density at radius 1 is 1.00 bits per heavy atom. The fourth-order valence-corrected chi connectivity index (χ4v) is 0.489. The largest absolute Gasteiger partial charge is 1.00 e. The maximum atomic E-state index is 4.98. The maximum absolute atomic E-state index is 4.98. The zero-order chi connectivity index (χ0) is 6.10. The first kappa shape index (κ1) is 12.1. The number of hydrogen-bond acceptors (Lipinski definition) is 3. The van der Waals surface area contributed by atoms with Gasteiger partial charge in [-0.25, -0.2) is 13.2 Å². The normalized spacial score (nSPS) is 31.6. The zero-order valence-electron chi connectivity index (χ0n) is 6.95. The molecule has 2 aliphatic rings. The molecule has 2 unspecified atom stereocenters. The average Bonchev–Trinajstić information content (AvgIpc) is 2.57. The first-order chi connectivity index (χ1) is 4.45. The second kappa shape index (κ2) is 5.67. The van der Waals surface area contributed by atoms with Gasteiger partial charge in [0.2, 0.25) is 0 Å². The van der Waals surface area contributed by atoms with E-state index in [1.54, 1.807) is 13.2 Å². The molecular formula is C6H8Li2O3. The van der Waals surface area contributed by atoms with Crippen LogP contribution < -0.4 is 37.7 Å². The van der Waals surface area contributed by atoms with Crippen LogP contribution >= 0.6 is 0 Å². The molecule has 0 radical (unpaired) electrons. The van der Waals surface area contributed by atoms with Gasteiger partial charge in [0.15, 0.2) is 0 Å². The summed E-state index contributed by atoms with van der Waals surface area (Å²) in [4.78, 5) is 0. The minimum Gasteiger partial charge on any atom is -0.710 e. The molecule has 0 aromatic carbocycles. The van der Waals surface area contributed by atoms with Gasteiger partial charge < -0.3 is 14.2 Å². The predicted octanol–water partition coefficient (Wildman–Crippen LogP) is -5.87. The standard InChI is InChI=1S/C6H8O3.2Li/c1(5-3-8-5)7-2-6-4-9-6;;/h1-2,5-6H,3-4H2;;/q-2;2*+1. The first-order valence-corrected chi connectivity index (χ1v) is 3.00. The van der Waals surface area contributed by atoms with Gasteiger partial charge in [0.25, 0.3) is 0 Å². The van der Waals surface area contributed by atoms with Gasteiger partial charge in [-0.3, -0.25) is 0 Å². The van der Waals surface area contributed by atoms with Crippen LogP contribution in [0.3, 0.4) is 0 Å². The number of hydrogen-bond donors (Lipinski definition) is 0. The van der Waals surface area contributed by atoms with E-state index in [-0.39, 0.29) is 49.9 Å². The molecule has 2 heterocycles. The van der Waals surface area contributed by atoms with Gasteiger partial charge in [-0.2, -0.15) is 0 Å². The third kappa shape index (κ3) is 5.34. The summed E-state index contributed by atoms with van der Waals surface area (Å²) >= 11 is 0. The van der Waals surface area contributed by atoms with Crippen molar-refractivity contribution < 1.29 is 51.9 Å². The number of epoxide rings is 2. The molecule has 0 amide bonds. The zero-order valence-corrected chi connectivity index (χ0v) is 6.95. The van der Waals surface area contributed by atoms with E-state index in [2.05, 4.69) is 0 Å². The van der Waals surface area contributed by atoms with Gasteiger partial charge in [0.1, 0.15) is 0 Å². The molecule has 0 aromatic rings. The van der Waals surface area contributed by atoms with Crippen LogP contribution in [0.2, 0.25) is 0 Å². The summed E-state index contributed by atoms with van der Waals surface area (Å²) < 4.78 is 14.7. The Bertz CT molecular complexity index is 92.0. The van der Waals surface area contributed by atoms with E-state index in [0.717, 1.165) is 13.2 Å².